The van der Waals surface area contributed by atoms with Gasteiger partial charge in [0.15, 0.2) is 0 Å². The first-order valence-corrected chi connectivity index (χ1v) is 8.54. The maximum atomic E-state index is 12.7. The van der Waals surface area contributed by atoms with E-state index in [-0.39, 0.29) is 17.9 Å². The van der Waals surface area contributed by atoms with E-state index < -0.39 is 0 Å². The molecule has 2 N–H and O–H groups in total. The number of carbonyl (C=O) groups is 2. The molecule has 7 heteroatoms. The Kier molecular flexibility index (Phi) is 5.47. The number of anilines is 2. The van der Waals surface area contributed by atoms with E-state index in [2.05, 4.69) is 22.2 Å². The zero-order valence-corrected chi connectivity index (χ0v) is 14.7. The van der Waals surface area contributed by atoms with Crippen LogP contribution in [0, 0.1) is 11.3 Å². The zero-order valence-electron chi connectivity index (χ0n) is 14.7. The van der Waals surface area contributed by atoms with Crippen molar-refractivity contribution in [1.29, 1.82) is 5.26 Å². The lowest BCUT2D eigenvalue weighted by Gasteiger charge is -2.17. The second-order valence-corrected chi connectivity index (χ2v) is 6.20. The molecule has 2 aromatic rings. The highest BCUT2D eigenvalue weighted by Gasteiger charge is 2.27. The van der Waals surface area contributed by atoms with Gasteiger partial charge in [0.25, 0.3) is 5.91 Å². The third-order valence-corrected chi connectivity index (χ3v) is 4.30. The lowest BCUT2D eigenvalue weighted by atomic mass is 10.2. The van der Waals surface area contributed by atoms with Crippen molar-refractivity contribution in [1.82, 2.24) is 9.88 Å². The highest BCUT2D eigenvalue weighted by atomic mass is 16.2. The van der Waals surface area contributed by atoms with Gasteiger partial charge in [0.1, 0.15) is 11.9 Å². The van der Waals surface area contributed by atoms with E-state index in [4.69, 9.17) is 5.26 Å². The molecule has 0 unspecified atom stereocenters. The number of pyridine rings is 1. The summed E-state index contributed by atoms with van der Waals surface area (Å²) in [5.74, 6) is 0.350. The summed E-state index contributed by atoms with van der Waals surface area (Å²) in [6.45, 7) is 4.64. The molecule has 136 valence electrons. The van der Waals surface area contributed by atoms with Gasteiger partial charge in [-0.25, -0.2) is 4.98 Å². The summed E-state index contributed by atoms with van der Waals surface area (Å²) in [5, 5.41) is 14.8. The van der Waals surface area contributed by atoms with Crippen LogP contribution in [-0.2, 0) is 4.79 Å². The van der Waals surface area contributed by atoms with Gasteiger partial charge in [0, 0.05) is 36.6 Å². The first-order chi connectivity index (χ1) is 13.1. The molecule has 1 saturated heterocycles. The average molecular weight is 361 g/mol. The number of nitrogens with one attached hydrogen (secondary N) is 2. The topological polar surface area (TPSA) is 98.1 Å². The number of likely N-dealkylation sites (tertiary alicyclic amines) is 1. The molecule has 0 radical (unpaired) electrons. The van der Waals surface area contributed by atoms with Crippen LogP contribution in [0.25, 0.3) is 0 Å². The second-order valence-electron chi connectivity index (χ2n) is 6.20. The zero-order chi connectivity index (χ0) is 19.2. The van der Waals surface area contributed by atoms with Crippen LogP contribution in [0.3, 0.4) is 0 Å². The Morgan fingerprint density at radius 1 is 1.26 bits per heavy atom. The molecule has 1 aliphatic heterocycles. The lowest BCUT2D eigenvalue weighted by Crippen LogP contribution is -2.31. The minimum absolute atomic E-state index is 0.0475. The number of nitrogens with zero attached hydrogens (tertiary/aromatic N) is 3. The van der Waals surface area contributed by atoms with Crippen molar-refractivity contribution < 1.29 is 9.59 Å². The van der Waals surface area contributed by atoms with Gasteiger partial charge >= 0.3 is 0 Å². The number of hydrogen-bond acceptors (Lipinski definition) is 5. The second kappa shape index (κ2) is 8.15. The van der Waals surface area contributed by atoms with Crippen molar-refractivity contribution >= 4 is 23.3 Å². The van der Waals surface area contributed by atoms with Gasteiger partial charge in [-0.2, -0.15) is 5.26 Å². The summed E-state index contributed by atoms with van der Waals surface area (Å²) in [7, 11) is 0. The first kappa shape index (κ1) is 18.1. The molecular weight excluding hydrogens is 342 g/mol. The van der Waals surface area contributed by atoms with Crippen molar-refractivity contribution in [2.24, 2.45) is 0 Å². The van der Waals surface area contributed by atoms with Gasteiger partial charge in [-0.05, 0) is 48.9 Å². The van der Waals surface area contributed by atoms with E-state index in [0.717, 1.165) is 6.42 Å². The van der Waals surface area contributed by atoms with Gasteiger partial charge in [0.05, 0.1) is 5.56 Å². The van der Waals surface area contributed by atoms with Crippen LogP contribution >= 0.6 is 0 Å². The predicted molar refractivity (Wildman–Crippen MR) is 102 cm³/mol. The number of carbonyl (C=O) groups excluding carboxylic acids is 2. The van der Waals surface area contributed by atoms with Crippen LogP contribution in [0.2, 0.25) is 0 Å². The Hall–Kier alpha value is -3.66. The van der Waals surface area contributed by atoms with Crippen LogP contribution in [0.5, 0.6) is 0 Å². The molecule has 0 saturated carbocycles. The highest BCUT2D eigenvalue weighted by molar-refractivity contribution is 5.99. The molecule has 7 nitrogen and oxygen atoms in total. The fourth-order valence-corrected chi connectivity index (χ4v) is 2.89. The summed E-state index contributed by atoms with van der Waals surface area (Å²) in [6.07, 6.45) is 3.53. The third kappa shape index (κ3) is 4.50. The third-order valence-electron chi connectivity index (χ3n) is 4.30. The van der Waals surface area contributed by atoms with E-state index in [9.17, 15) is 9.59 Å². The van der Waals surface area contributed by atoms with Crippen molar-refractivity contribution in [2.75, 3.05) is 23.7 Å². The number of nitriles is 1. The number of aromatic nitrogens is 1. The predicted octanol–water partition coefficient (Wildman–Crippen LogP) is 2.40. The number of rotatable bonds is 5. The number of benzene rings is 1. The molecule has 1 atom stereocenters. The maximum absolute atomic E-state index is 12.7. The summed E-state index contributed by atoms with van der Waals surface area (Å²) < 4.78 is 0. The molecule has 27 heavy (non-hydrogen) atoms. The monoisotopic (exact) mass is 361 g/mol. The standard InChI is InChI=1S/C20H19N5O2/c1-2-19(26)24-16-6-4-15(5-7-16)20(27)25-10-9-17(13-25)23-18-8-3-14(11-21)12-22-18/h2-8,12,17H,1,9-10,13H2,(H,22,23)(H,24,26)/t17-/m0/s1. The van der Waals surface area contributed by atoms with E-state index in [0.29, 0.717) is 35.7 Å². The van der Waals surface area contributed by atoms with E-state index in [1.54, 1.807) is 41.3 Å². The van der Waals surface area contributed by atoms with Gasteiger partial charge in [0.2, 0.25) is 5.91 Å². The van der Waals surface area contributed by atoms with Crippen LogP contribution in [0.1, 0.15) is 22.3 Å². The largest absolute Gasteiger partial charge is 0.365 e. The first-order valence-electron chi connectivity index (χ1n) is 8.54. The molecule has 1 aromatic heterocycles. The molecule has 0 aliphatic carbocycles. The van der Waals surface area contributed by atoms with Crippen LogP contribution in [-0.4, -0.2) is 40.8 Å². The van der Waals surface area contributed by atoms with Crippen molar-refractivity contribution in [3.05, 3.63) is 66.4 Å². The maximum Gasteiger partial charge on any atom is 0.253 e. The van der Waals surface area contributed by atoms with Crippen LogP contribution in [0.4, 0.5) is 11.5 Å². The highest BCUT2D eigenvalue weighted by Crippen LogP contribution is 2.18. The molecule has 2 amide bonds. The van der Waals surface area contributed by atoms with E-state index >= 15 is 0 Å². The van der Waals surface area contributed by atoms with Crippen molar-refractivity contribution in [3.8, 4) is 6.07 Å². The molecular formula is C20H19N5O2. The van der Waals surface area contributed by atoms with Crippen LogP contribution in [0.15, 0.2) is 55.3 Å². The Morgan fingerprint density at radius 3 is 2.67 bits per heavy atom. The fraction of sp³-hybridized carbons (Fsp3) is 0.200. The minimum atomic E-state index is -0.293. The summed E-state index contributed by atoms with van der Waals surface area (Å²) in [6, 6.07) is 12.4. The molecule has 0 bridgehead atoms. The van der Waals surface area contributed by atoms with E-state index in [1.807, 2.05) is 6.07 Å². The molecule has 0 spiro atoms. The van der Waals surface area contributed by atoms with E-state index in [1.165, 1.54) is 12.3 Å². The lowest BCUT2D eigenvalue weighted by molar-refractivity contribution is -0.111. The summed E-state index contributed by atoms with van der Waals surface area (Å²) in [5.41, 5.74) is 1.70. The van der Waals surface area contributed by atoms with Gasteiger partial charge in [-0.15, -0.1) is 0 Å². The van der Waals surface area contributed by atoms with Crippen molar-refractivity contribution in [3.63, 3.8) is 0 Å². The smallest absolute Gasteiger partial charge is 0.253 e. The van der Waals surface area contributed by atoms with Gasteiger partial charge in [-0.1, -0.05) is 6.58 Å². The van der Waals surface area contributed by atoms with Gasteiger partial charge in [-0.3, -0.25) is 9.59 Å². The number of hydrogen-bond donors (Lipinski definition) is 2. The minimum Gasteiger partial charge on any atom is -0.365 e. The summed E-state index contributed by atoms with van der Waals surface area (Å²) >= 11 is 0. The average Bonchev–Trinajstić information content (AvgIpc) is 3.17. The molecule has 3 rings (SSSR count). The quantitative estimate of drug-likeness (QED) is 0.797. The van der Waals surface area contributed by atoms with Gasteiger partial charge < -0.3 is 15.5 Å². The Labute approximate surface area is 157 Å². The SMILES string of the molecule is C=CC(=O)Nc1ccc(C(=O)N2CC[C@H](Nc3ccc(C#N)cn3)C2)cc1. The molecule has 1 aromatic carbocycles. The fourth-order valence-electron chi connectivity index (χ4n) is 2.89. The Balaban J connectivity index is 1.57. The molecule has 1 fully saturated rings. The Morgan fingerprint density at radius 2 is 2.04 bits per heavy atom. The Bertz CT molecular complexity index is 884. The molecule has 2 heterocycles. The van der Waals surface area contributed by atoms with Crippen molar-refractivity contribution in [2.45, 2.75) is 12.5 Å². The van der Waals surface area contributed by atoms with Crippen LogP contribution < -0.4 is 10.6 Å². The summed E-state index contributed by atoms with van der Waals surface area (Å²) in [4.78, 5) is 30.0. The number of amides is 2. The molecule has 1 aliphatic rings. The normalized spacial score (nSPS) is 15.7.